The summed E-state index contributed by atoms with van der Waals surface area (Å²) in [5.41, 5.74) is 1.41. The Morgan fingerprint density at radius 3 is 2.80 bits per heavy atom. The number of nitrogens with one attached hydrogen (secondary N) is 1. The van der Waals surface area contributed by atoms with Crippen molar-refractivity contribution in [1.82, 2.24) is 9.78 Å². The average Bonchev–Trinajstić information content (AvgIpc) is 2.78. The van der Waals surface area contributed by atoms with Gasteiger partial charge >= 0.3 is 0 Å². The van der Waals surface area contributed by atoms with Gasteiger partial charge in [-0.25, -0.2) is 0 Å². The Hall–Kier alpha value is -1.73. The van der Waals surface area contributed by atoms with Crippen molar-refractivity contribution in [3.05, 3.63) is 35.5 Å². The van der Waals surface area contributed by atoms with Crippen molar-refractivity contribution >= 4 is 33.0 Å². The van der Waals surface area contributed by atoms with Crippen LogP contribution in [-0.2, 0) is 17.1 Å². The summed E-state index contributed by atoms with van der Waals surface area (Å²) in [4.78, 5) is 0. The number of aromatic nitrogens is 2. The van der Waals surface area contributed by atoms with Crippen molar-refractivity contribution in [2.75, 3.05) is 22.7 Å². The smallest absolute Gasteiger partial charge is 0.283 e. The van der Waals surface area contributed by atoms with E-state index in [1.54, 1.807) is 19.2 Å². The van der Waals surface area contributed by atoms with Crippen LogP contribution in [-0.4, -0.2) is 31.3 Å². The molecule has 1 aromatic heterocycles. The van der Waals surface area contributed by atoms with Crippen molar-refractivity contribution in [1.29, 1.82) is 0 Å². The first-order valence-electron chi connectivity index (χ1n) is 6.05. The van der Waals surface area contributed by atoms with Gasteiger partial charge in [-0.15, -0.1) is 0 Å². The van der Waals surface area contributed by atoms with Gasteiger partial charge in [0.2, 0.25) is 0 Å². The maximum Gasteiger partial charge on any atom is 0.283 e. The summed E-state index contributed by atoms with van der Waals surface area (Å²) in [6.45, 7) is 0.895. The van der Waals surface area contributed by atoms with Crippen LogP contribution >= 0.6 is 11.6 Å². The molecule has 106 valence electrons. The van der Waals surface area contributed by atoms with E-state index in [4.69, 9.17) is 11.6 Å². The normalized spacial score (nSPS) is 14.8. The van der Waals surface area contributed by atoms with Crippen LogP contribution in [0.4, 0.5) is 11.4 Å². The Balaban J connectivity index is 2.15. The lowest BCUT2D eigenvalue weighted by Gasteiger charge is -2.31. The Labute approximate surface area is 122 Å². The molecule has 0 saturated carbocycles. The van der Waals surface area contributed by atoms with Gasteiger partial charge in [0, 0.05) is 13.6 Å². The van der Waals surface area contributed by atoms with E-state index in [-0.39, 0.29) is 10.0 Å². The van der Waals surface area contributed by atoms with E-state index >= 15 is 0 Å². The third kappa shape index (κ3) is 1.94. The second-order valence-corrected chi connectivity index (χ2v) is 6.63. The van der Waals surface area contributed by atoms with E-state index in [1.165, 1.54) is 15.2 Å². The molecule has 6 nitrogen and oxygen atoms in total. The molecule has 0 spiro atoms. The maximum absolute atomic E-state index is 12.8. The molecule has 0 atom stereocenters. The molecule has 20 heavy (non-hydrogen) atoms. The van der Waals surface area contributed by atoms with E-state index in [2.05, 4.69) is 10.4 Å². The zero-order valence-electron chi connectivity index (χ0n) is 10.7. The van der Waals surface area contributed by atoms with Crippen molar-refractivity contribution in [3.63, 3.8) is 0 Å². The number of rotatable bonds is 2. The van der Waals surface area contributed by atoms with Crippen molar-refractivity contribution in [3.8, 4) is 0 Å². The predicted octanol–water partition coefficient (Wildman–Crippen LogP) is 1.69. The average molecular weight is 313 g/mol. The number of sulfonamides is 1. The summed E-state index contributed by atoms with van der Waals surface area (Å²) in [5, 5.41) is 7.21. The highest BCUT2D eigenvalue weighted by atomic mass is 35.5. The molecule has 3 rings (SSSR count). The zero-order valence-corrected chi connectivity index (χ0v) is 12.3. The van der Waals surface area contributed by atoms with Gasteiger partial charge < -0.3 is 5.32 Å². The fourth-order valence-corrected chi connectivity index (χ4v) is 4.39. The number of nitrogens with zero attached hydrogens (tertiary/aromatic N) is 3. The van der Waals surface area contributed by atoms with E-state index in [9.17, 15) is 8.42 Å². The first-order chi connectivity index (χ1) is 9.51. The van der Waals surface area contributed by atoms with Crippen LogP contribution in [0.5, 0.6) is 0 Å². The van der Waals surface area contributed by atoms with E-state index in [0.29, 0.717) is 18.8 Å². The molecule has 0 unspecified atom stereocenters. The number of anilines is 2. The number of benzene rings is 1. The summed E-state index contributed by atoms with van der Waals surface area (Å²) in [7, 11) is -2.17. The zero-order chi connectivity index (χ0) is 14.3. The minimum atomic E-state index is -3.73. The van der Waals surface area contributed by atoms with Gasteiger partial charge in [0.1, 0.15) is 0 Å². The van der Waals surface area contributed by atoms with E-state index in [1.807, 2.05) is 12.1 Å². The Bertz CT molecular complexity index is 737. The minimum Gasteiger partial charge on any atom is -0.382 e. The van der Waals surface area contributed by atoms with Crippen LogP contribution in [0.1, 0.15) is 0 Å². The first-order valence-corrected chi connectivity index (χ1v) is 7.87. The molecule has 0 radical (unpaired) electrons. The van der Waals surface area contributed by atoms with Gasteiger partial charge in [0.25, 0.3) is 10.0 Å². The SMILES string of the molecule is Cn1ncc(Cl)c1S(=O)(=O)N1CCNc2ccccc21. The first kappa shape index (κ1) is 13.3. The van der Waals surface area contributed by atoms with Gasteiger partial charge in [0.05, 0.1) is 29.1 Å². The largest absolute Gasteiger partial charge is 0.382 e. The van der Waals surface area contributed by atoms with E-state index < -0.39 is 10.0 Å². The lowest BCUT2D eigenvalue weighted by atomic mass is 10.2. The van der Waals surface area contributed by atoms with Crippen LogP contribution in [0.15, 0.2) is 35.5 Å². The lowest BCUT2D eigenvalue weighted by Crippen LogP contribution is -2.39. The van der Waals surface area contributed by atoms with Gasteiger partial charge in [-0.05, 0) is 12.1 Å². The highest BCUT2D eigenvalue weighted by Gasteiger charge is 2.33. The van der Waals surface area contributed by atoms with Crippen LogP contribution < -0.4 is 9.62 Å². The molecule has 2 aromatic rings. The van der Waals surface area contributed by atoms with Crippen molar-refractivity contribution < 1.29 is 8.42 Å². The predicted molar refractivity (Wildman–Crippen MR) is 77.7 cm³/mol. The van der Waals surface area contributed by atoms with Gasteiger partial charge in [-0.1, -0.05) is 23.7 Å². The second-order valence-electron chi connectivity index (χ2n) is 4.44. The molecule has 1 aliphatic heterocycles. The molecular weight excluding hydrogens is 300 g/mol. The molecule has 1 aliphatic rings. The van der Waals surface area contributed by atoms with Crippen molar-refractivity contribution in [2.45, 2.75) is 5.03 Å². The summed E-state index contributed by atoms with van der Waals surface area (Å²) < 4.78 is 28.3. The Kier molecular flexibility index (Phi) is 3.10. The molecule has 0 aliphatic carbocycles. The number of para-hydroxylation sites is 2. The molecule has 1 N–H and O–H groups in total. The number of hydrogen-bond acceptors (Lipinski definition) is 4. The summed E-state index contributed by atoms with van der Waals surface area (Å²) in [6.07, 6.45) is 1.34. The number of aryl methyl sites for hydroxylation is 1. The fraction of sp³-hybridized carbons (Fsp3) is 0.250. The fourth-order valence-electron chi connectivity index (χ4n) is 2.30. The Morgan fingerprint density at radius 2 is 2.10 bits per heavy atom. The number of hydrogen-bond donors (Lipinski definition) is 1. The van der Waals surface area contributed by atoms with Crippen LogP contribution in [0.25, 0.3) is 0 Å². The minimum absolute atomic E-state index is 0.0101. The standard InChI is InChI=1S/C12H13ClN4O2S/c1-16-12(9(13)8-15-16)20(18,19)17-7-6-14-10-4-2-3-5-11(10)17/h2-5,8,14H,6-7H2,1H3. The van der Waals surface area contributed by atoms with Gasteiger partial charge in [0.15, 0.2) is 5.03 Å². The molecule has 0 fully saturated rings. The van der Waals surface area contributed by atoms with Crippen LogP contribution in [0.2, 0.25) is 5.02 Å². The Morgan fingerprint density at radius 1 is 1.35 bits per heavy atom. The van der Waals surface area contributed by atoms with Crippen LogP contribution in [0, 0.1) is 0 Å². The van der Waals surface area contributed by atoms with Crippen molar-refractivity contribution in [2.24, 2.45) is 7.05 Å². The monoisotopic (exact) mass is 312 g/mol. The topological polar surface area (TPSA) is 67.2 Å². The molecule has 2 heterocycles. The maximum atomic E-state index is 12.8. The quantitative estimate of drug-likeness (QED) is 0.916. The molecule has 0 bridgehead atoms. The number of halogens is 1. The summed E-state index contributed by atoms with van der Waals surface area (Å²) in [6, 6.07) is 7.28. The third-order valence-electron chi connectivity index (χ3n) is 3.18. The molecule has 8 heteroatoms. The molecule has 0 saturated heterocycles. The second kappa shape index (κ2) is 4.68. The summed E-state index contributed by atoms with van der Waals surface area (Å²) >= 11 is 5.97. The molecular formula is C12H13ClN4O2S. The highest BCUT2D eigenvalue weighted by Crippen LogP contribution is 2.34. The number of fused-ring (bicyclic) bond motifs is 1. The molecule has 1 aromatic carbocycles. The van der Waals surface area contributed by atoms with Crippen LogP contribution in [0.3, 0.4) is 0 Å². The third-order valence-corrected chi connectivity index (χ3v) is 5.50. The highest BCUT2D eigenvalue weighted by molar-refractivity contribution is 7.92. The van der Waals surface area contributed by atoms with E-state index in [0.717, 1.165) is 5.69 Å². The summed E-state index contributed by atoms with van der Waals surface area (Å²) in [5.74, 6) is 0. The molecule has 0 amide bonds. The van der Waals surface area contributed by atoms with Gasteiger partial charge in [-0.2, -0.15) is 13.5 Å². The lowest BCUT2D eigenvalue weighted by molar-refractivity contribution is 0.572. The van der Waals surface area contributed by atoms with Gasteiger partial charge in [-0.3, -0.25) is 8.99 Å².